The third-order valence-corrected chi connectivity index (χ3v) is 3.91. The minimum absolute atomic E-state index is 0.00209. The molecular formula is C20H18FNO. The molecule has 0 fully saturated rings. The van der Waals surface area contributed by atoms with E-state index < -0.39 is 0 Å². The number of hydrogen-bond donors (Lipinski definition) is 1. The Balaban J connectivity index is 1.57. The summed E-state index contributed by atoms with van der Waals surface area (Å²) in [5, 5.41) is 5.29. The molecule has 3 aromatic carbocycles. The van der Waals surface area contributed by atoms with Gasteiger partial charge in [0.2, 0.25) is 5.91 Å². The van der Waals surface area contributed by atoms with E-state index in [1.165, 1.54) is 17.5 Å². The maximum atomic E-state index is 12.8. The molecule has 3 heteroatoms. The highest BCUT2D eigenvalue weighted by Crippen LogP contribution is 2.18. The summed E-state index contributed by atoms with van der Waals surface area (Å²) < 4.78 is 12.8. The Hall–Kier alpha value is -2.68. The third-order valence-electron chi connectivity index (χ3n) is 3.91. The van der Waals surface area contributed by atoms with Crippen LogP contribution >= 0.6 is 0 Å². The Morgan fingerprint density at radius 1 is 0.913 bits per heavy atom. The van der Waals surface area contributed by atoms with E-state index in [9.17, 15) is 9.18 Å². The Kier molecular flexibility index (Phi) is 4.67. The average Bonchev–Trinajstić information content (AvgIpc) is 2.59. The summed E-state index contributed by atoms with van der Waals surface area (Å²) in [6, 6.07) is 20.5. The predicted octanol–water partition coefficient (Wildman–Crippen LogP) is 4.23. The molecule has 0 saturated carbocycles. The van der Waals surface area contributed by atoms with E-state index in [-0.39, 0.29) is 11.7 Å². The van der Waals surface area contributed by atoms with Crippen molar-refractivity contribution >= 4 is 16.7 Å². The van der Waals surface area contributed by atoms with Crippen molar-refractivity contribution in [3.63, 3.8) is 0 Å². The average molecular weight is 307 g/mol. The highest BCUT2D eigenvalue weighted by Gasteiger charge is 2.05. The van der Waals surface area contributed by atoms with Crippen LogP contribution in [0.15, 0.2) is 66.7 Å². The Morgan fingerprint density at radius 3 is 2.48 bits per heavy atom. The maximum absolute atomic E-state index is 12.8. The van der Waals surface area contributed by atoms with Crippen molar-refractivity contribution in [1.82, 2.24) is 5.32 Å². The van der Waals surface area contributed by atoms with Gasteiger partial charge in [0, 0.05) is 13.0 Å². The minimum Gasteiger partial charge on any atom is -0.352 e. The largest absolute Gasteiger partial charge is 0.352 e. The molecule has 0 bridgehead atoms. The molecule has 0 aliphatic heterocycles. The number of nitrogens with one attached hydrogen (secondary N) is 1. The van der Waals surface area contributed by atoms with Crippen LogP contribution in [-0.2, 0) is 17.8 Å². The molecule has 0 saturated heterocycles. The molecule has 0 aliphatic rings. The van der Waals surface area contributed by atoms with Crippen molar-refractivity contribution in [2.45, 2.75) is 19.4 Å². The second-order valence-electron chi connectivity index (χ2n) is 5.54. The topological polar surface area (TPSA) is 29.1 Å². The maximum Gasteiger partial charge on any atom is 0.220 e. The molecule has 0 heterocycles. The molecule has 0 radical (unpaired) electrons. The molecule has 3 rings (SSSR count). The number of hydrogen-bond acceptors (Lipinski definition) is 1. The zero-order valence-corrected chi connectivity index (χ0v) is 12.8. The summed E-state index contributed by atoms with van der Waals surface area (Å²) in [5.74, 6) is -0.253. The van der Waals surface area contributed by atoms with E-state index in [0.717, 1.165) is 16.5 Å². The van der Waals surface area contributed by atoms with E-state index in [0.29, 0.717) is 19.4 Å². The number of amides is 1. The van der Waals surface area contributed by atoms with Crippen LogP contribution in [0.25, 0.3) is 10.8 Å². The van der Waals surface area contributed by atoms with Crippen molar-refractivity contribution in [3.05, 3.63) is 83.7 Å². The molecule has 23 heavy (non-hydrogen) atoms. The minimum atomic E-state index is -0.255. The summed E-state index contributed by atoms with van der Waals surface area (Å²) in [7, 11) is 0. The normalized spacial score (nSPS) is 10.7. The molecular weight excluding hydrogens is 289 g/mol. The zero-order chi connectivity index (χ0) is 16.1. The Morgan fingerprint density at radius 2 is 1.65 bits per heavy atom. The van der Waals surface area contributed by atoms with Crippen LogP contribution < -0.4 is 5.32 Å². The molecule has 116 valence electrons. The first kappa shape index (κ1) is 15.2. The van der Waals surface area contributed by atoms with Crippen molar-refractivity contribution in [3.8, 4) is 0 Å². The monoisotopic (exact) mass is 307 g/mol. The van der Waals surface area contributed by atoms with E-state index in [1.54, 1.807) is 12.1 Å². The molecule has 0 atom stereocenters. The van der Waals surface area contributed by atoms with Crippen LogP contribution in [0.2, 0.25) is 0 Å². The summed E-state index contributed by atoms with van der Waals surface area (Å²) in [6.07, 6.45) is 1.01. The Labute approximate surface area is 135 Å². The molecule has 3 aromatic rings. The molecule has 1 N–H and O–H groups in total. The summed E-state index contributed by atoms with van der Waals surface area (Å²) in [6.45, 7) is 0.517. The van der Waals surface area contributed by atoms with Crippen molar-refractivity contribution < 1.29 is 9.18 Å². The quantitative estimate of drug-likeness (QED) is 0.751. The predicted molar refractivity (Wildman–Crippen MR) is 90.5 cm³/mol. The van der Waals surface area contributed by atoms with Gasteiger partial charge in [0.1, 0.15) is 5.82 Å². The smallest absolute Gasteiger partial charge is 0.220 e. The van der Waals surface area contributed by atoms with Gasteiger partial charge in [-0.3, -0.25) is 4.79 Å². The molecule has 0 spiro atoms. The van der Waals surface area contributed by atoms with Crippen LogP contribution in [0.4, 0.5) is 4.39 Å². The van der Waals surface area contributed by atoms with Gasteiger partial charge in [-0.05, 0) is 40.5 Å². The standard InChI is InChI=1S/C20H18FNO/c21-18-11-8-15(9-12-18)10-13-20(23)22-14-17-6-3-5-16-4-1-2-7-19(16)17/h1-9,11-12H,10,13-14H2,(H,22,23). The lowest BCUT2D eigenvalue weighted by Gasteiger charge is -2.08. The molecule has 0 aromatic heterocycles. The highest BCUT2D eigenvalue weighted by molar-refractivity contribution is 5.86. The van der Waals surface area contributed by atoms with Crippen LogP contribution in [0.5, 0.6) is 0 Å². The summed E-state index contributed by atoms with van der Waals surface area (Å²) >= 11 is 0. The van der Waals surface area contributed by atoms with Gasteiger partial charge in [-0.15, -0.1) is 0 Å². The van der Waals surface area contributed by atoms with Crippen LogP contribution in [0.1, 0.15) is 17.5 Å². The first-order chi connectivity index (χ1) is 11.2. The summed E-state index contributed by atoms with van der Waals surface area (Å²) in [5.41, 5.74) is 2.07. The molecule has 0 unspecified atom stereocenters. The fourth-order valence-electron chi connectivity index (χ4n) is 2.64. The zero-order valence-electron chi connectivity index (χ0n) is 12.8. The molecule has 0 aliphatic carbocycles. The van der Waals surface area contributed by atoms with Gasteiger partial charge < -0.3 is 5.32 Å². The number of benzene rings is 3. The van der Waals surface area contributed by atoms with Crippen molar-refractivity contribution in [2.75, 3.05) is 0 Å². The lowest BCUT2D eigenvalue weighted by molar-refractivity contribution is -0.121. The van der Waals surface area contributed by atoms with E-state index >= 15 is 0 Å². The second-order valence-corrected chi connectivity index (χ2v) is 5.54. The fourth-order valence-corrected chi connectivity index (χ4v) is 2.64. The van der Waals surface area contributed by atoms with Crippen LogP contribution in [0, 0.1) is 5.82 Å². The summed E-state index contributed by atoms with van der Waals surface area (Å²) in [4.78, 5) is 12.0. The van der Waals surface area contributed by atoms with Gasteiger partial charge in [-0.1, -0.05) is 54.6 Å². The second kappa shape index (κ2) is 7.05. The van der Waals surface area contributed by atoms with Gasteiger partial charge in [0.25, 0.3) is 0 Å². The number of fused-ring (bicyclic) bond motifs is 1. The number of carbonyl (C=O) groups is 1. The SMILES string of the molecule is O=C(CCc1ccc(F)cc1)NCc1cccc2ccccc12. The van der Waals surface area contributed by atoms with Gasteiger partial charge >= 0.3 is 0 Å². The molecule has 1 amide bonds. The van der Waals surface area contributed by atoms with Gasteiger partial charge in [-0.2, -0.15) is 0 Å². The number of aryl methyl sites for hydroxylation is 1. The fraction of sp³-hybridized carbons (Fsp3) is 0.150. The van der Waals surface area contributed by atoms with Gasteiger partial charge in [0.05, 0.1) is 0 Å². The van der Waals surface area contributed by atoms with Crippen molar-refractivity contribution in [1.29, 1.82) is 0 Å². The number of rotatable bonds is 5. The van der Waals surface area contributed by atoms with Gasteiger partial charge in [-0.25, -0.2) is 4.39 Å². The first-order valence-corrected chi connectivity index (χ1v) is 7.70. The van der Waals surface area contributed by atoms with Crippen LogP contribution in [-0.4, -0.2) is 5.91 Å². The molecule has 2 nitrogen and oxygen atoms in total. The van der Waals surface area contributed by atoms with E-state index in [1.807, 2.05) is 24.3 Å². The Bertz CT molecular complexity index is 806. The lowest BCUT2D eigenvalue weighted by atomic mass is 10.0. The van der Waals surface area contributed by atoms with Crippen molar-refractivity contribution in [2.24, 2.45) is 0 Å². The highest BCUT2D eigenvalue weighted by atomic mass is 19.1. The number of carbonyl (C=O) groups excluding carboxylic acids is 1. The number of halogens is 1. The van der Waals surface area contributed by atoms with E-state index in [2.05, 4.69) is 23.5 Å². The first-order valence-electron chi connectivity index (χ1n) is 7.70. The van der Waals surface area contributed by atoms with E-state index in [4.69, 9.17) is 0 Å². The lowest BCUT2D eigenvalue weighted by Crippen LogP contribution is -2.23. The third kappa shape index (κ3) is 3.95. The van der Waals surface area contributed by atoms with Gasteiger partial charge in [0.15, 0.2) is 0 Å². The van der Waals surface area contributed by atoms with Crippen LogP contribution in [0.3, 0.4) is 0 Å².